The molecule has 2 aromatic rings. The fraction of sp³-hybridized carbons (Fsp3) is 0.500. The SMILES string of the molecule is [C-]#[N+]C1(NS(=O)(=O)c2cc(Br)c3c(c2)c(C(=O)NNC(=O)C(F)F)nn3COCC[Si](C)(C)C)CC1. The van der Waals surface area contributed by atoms with Crippen LogP contribution in [-0.4, -0.2) is 56.8 Å². The highest BCUT2D eigenvalue weighted by atomic mass is 79.9. The third-order valence-electron chi connectivity index (χ3n) is 5.27. The number of hydrogen-bond acceptors (Lipinski definition) is 6. The maximum Gasteiger partial charge on any atom is 0.317 e. The molecule has 3 N–H and O–H groups in total. The zero-order chi connectivity index (χ0) is 26.9. The quantitative estimate of drug-likeness (QED) is 0.165. The number of halogens is 3. The lowest BCUT2D eigenvalue weighted by Crippen LogP contribution is -2.44. The van der Waals surface area contributed by atoms with Gasteiger partial charge in [-0.2, -0.15) is 13.9 Å². The van der Waals surface area contributed by atoms with Crippen molar-refractivity contribution in [2.75, 3.05) is 6.61 Å². The molecule has 0 radical (unpaired) electrons. The number of benzene rings is 1. The number of sulfonamides is 1. The maximum atomic E-state index is 13.0. The number of nitrogens with zero attached hydrogens (tertiary/aromatic N) is 3. The molecule has 1 aromatic carbocycles. The molecule has 0 saturated heterocycles. The van der Waals surface area contributed by atoms with Gasteiger partial charge in [0.2, 0.25) is 10.0 Å². The first-order chi connectivity index (χ1) is 16.7. The maximum absolute atomic E-state index is 13.0. The Morgan fingerprint density at radius 1 is 1.31 bits per heavy atom. The van der Waals surface area contributed by atoms with Crippen LogP contribution in [0.4, 0.5) is 8.78 Å². The Morgan fingerprint density at radius 3 is 2.53 bits per heavy atom. The molecule has 36 heavy (non-hydrogen) atoms. The number of hydrogen-bond donors (Lipinski definition) is 3. The van der Waals surface area contributed by atoms with E-state index in [0.717, 1.165) is 6.04 Å². The normalized spacial score (nSPS) is 15.1. The van der Waals surface area contributed by atoms with Crippen molar-refractivity contribution in [1.82, 2.24) is 25.4 Å². The lowest BCUT2D eigenvalue weighted by Gasteiger charge is -2.15. The van der Waals surface area contributed by atoms with Gasteiger partial charge in [-0.3, -0.25) is 25.3 Å². The number of aromatic nitrogens is 2. The fourth-order valence-corrected chi connectivity index (χ4v) is 6.07. The van der Waals surface area contributed by atoms with Crippen molar-refractivity contribution in [1.29, 1.82) is 0 Å². The number of hydrazine groups is 1. The summed E-state index contributed by atoms with van der Waals surface area (Å²) < 4.78 is 60.6. The number of fused-ring (bicyclic) bond motifs is 1. The number of carbonyl (C=O) groups is 2. The molecule has 0 aliphatic heterocycles. The van der Waals surface area contributed by atoms with Crippen LogP contribution in [0, 0.1) is 6.57 Å². The highest BCUT2D eigenvalue weighted by molar-refractivity contribution is 9.10. The predicted molar refractivity (Wildman–Crippen MR) is 132 cm³/mol. The van der Waals surface area contributed by atoms with Crippen molar-refractivity contribution >= 4 is 56.7 Å². The first-order valence-corrected chi connectivity index (χ1v) is 16.8. The summed E-state index contributed by atoms with van der Waals surface area (Å²) in [6.45, 7) is 14.2. The van der Waals surface area contributed by atoms with Gasteiger partial charge in [-0.25, -0.2) is 19.7 Å². The Morgan fingerprint density at radius 2 is 1.97 bits per heavy atom. The zero-order valence-corrected chi connectivity index (χ0v) is 23.1. The Bertz CT molecular complexity index is 1330. The van der Waals surface area contributed by atoms with Gasteiger partial charge in [0.1, 0.15) is 6.73 Å². The largest absolute Gasteiger partial charge is 0.360 e. The molecule has 1 saturated carbocycles. The highest BCUT2D eigenvalue weighted by Crippen LogP contribution is 2.39. The van der Waals surface area contributed by atoms with E-state index in [0.29, 0.717) is 25.0 Å². The molecule has 0 atom stereocenters. The van der Waals surface area contributed by atoms with Crippen LogP contribution in [0.3, 0.4) is 0 Å². The minimum atomic E-state index is -4.15. The highest BCUT2D eigenvalue weighted by Gasteiger charge is 2.54. The second-order valence-corrected chi connectivity index (χ2v) is 17.6. The molecular weight excluding hydrogens is 582 g/mol. The molecular formula is C20H25BrF2N6O5SSi. The molecule has 11 nitrogen and oxygen atoms in total. The third kappa shape index (κ3) is 6.65. The molecule has 196 valence electrons. The minimum Gasteiger partial charge on any atom is -0.360 e. The van der Waals surface area contributed by atoms with E-state index in [1.54, 1.807) is 5.43 Å². The second-order valence-electron chi connectivity index (χ2n) is 9.49. The first kappa shape index (κ1) is 28.1. The van der Waals surface area contributed by atoms with E-state index in [1.165, 1.54) is 16.8 Å². The van der Waals surface area contributed by atoms with E-state index < -0.39 is 42.0 Å². The van der Waals surface area contributed by atoms with Crippen LogP contribution in [0.25, 0.3) is 15.7 Å². The molecule has 3 rings (SSSR count). The number of rotatable bonds is 10. The van der Waals surface area contributed by atoms with Crippen molar-refractivity contribution in [2.24, 2.45) is 0 Å². The minimum absolute atomic E-state index is 0.0648. The number of ether oxygens (including phenoxy) is 1. The standard InChI is InChI=1S/C20H25BrF2N6O5SSi/c1-24-20(5-6-20)28-35(32,33)12-9-13-15(18(30)25-26-19(31)17(22)23)27-29(16(13)14(21)10-12)11-34-7-8-36(2,3)4/h9-10,17,28H,5-8,11H2,2-4H3,(H,25,30)(H,26,31). The van der Waals surface area contributed by atoms with Crippen molar-refractivity contribution in [3.8, 4) is 0 Å². The summed E-state index contributed by atoms with van der Waals surface area (Å²) in [4.78, 5) is 27.0. The van der Waals surface area contributed by atoms with Gasteiger partial charge in [0.25, 0.3) is 11.6 Å². The summed E-state index contributed by atoms with van der Waals surface area (Å²) in [5, 5.41) is 4.26. The molecule has 1 aliphatic rings. The lowest BCUT2D eigenvalue weighted by molar-refractivity contribution is -0.132. The molecule has 1 heterocycles. The Hall–Kier alpha value is -2.45. The topological polar surface area (TPSA) is 136 Å². The van der Waals surface area contributed by atoms with Crippen molar-refractivity contribution in [2.45, 2.75) is 62.2 Å². The Kier molecular flexibility index (Phi) is 8.20. The summed E-state index contributed by atoms with van der Waals surface area (Å²) in [6, 6.07) is 3.38. The second kappa shape index (κ2) is 10.5. The predicted octanol–water partition coefficient (Wildman–Crippen LogP) is 2.82. The molecule has 1 fully saturated rings. The van der Waals surface area contributed by atoms with Crippen molar-refractivity contribution < 1.29 is 31.5 Å². The van der Waals surface area contributed by atoms with Gasteiger partial charge in [-0.1, -0.05) is 19.6 Å². The van der Waals surface area contributed by atoms with Crippen molar-refractivity contribution in [3.63, 3.8) is 0 Å². The van der Waals surface area contributed by atoms with Crippen LogP contribution in [0.5, 0.6) is 0 Å². The lowest BCUT2D eigenvalue weighted by atomic mass is 10.2. The van der Waals surface area contributed by atoms with Crippen LogP contribution in [-0.2, 0) is 26.3 Å². The summed E-state index contributed by atoms with van der Waals surface area (Å²) in [5.74, 6) is -2.76. The van der Waals surface area contributed by atoms with Crippen LogP contribution in [0.2, 0.25) is 25.7 Å². The van der Waals surface area contributed by atoms with Crippen LogP contribution < -0.4 is 15.6 Å². The molecule has 1 aliphatic carbocycles. The van der Waals surface area contributed by atoms with Gasteiger partial charge in [0.15, 0.2) is 5.69 Å². The molecule has 0 bridgehead atoms. The number of carbonyl (C=O) groups excluding carboxylic acids is 2. The van der Waals surface area contributed by atoms with Crippen LogP contribution in [0.1, 0.15) is 23.3 Å². The van der Waals surface area contributed by atoms with Gasteiger partial charge < -0.3 is 4.74 Å². The number of nitrogens with one attached hydrogen (secondary N) is 3. The summed E-state index contributed by atoms with van der Waals surface area (Å²) in [6.07, 6.45) is -2.60. The van der Waals surface area contributed by atoms with E-state index >= 15 is 0 Å². The average Bonchev–Trinajstić information content (AvgIpc) is 3.44. The molecule has 0 unspecified atom stereocenters. The smallest absolute Gasteiger partial charge is 0.317 e. The monoisotopic (exact) mass is 606 g/mol. The Balaban J connectivity index is 1.99. The van der Waals surface area contributed by atoms with Gasteiger partial charge >= 0.3 is 12.3 Å². The van der Waals surface area contributed by atoms with E-state index in [9.17, 15) is 26.8 Å². The van der Waals surface area contributed by atoms with E-state index in [1.807, 2.05) is 5.43 Å². The average molecular weight is 608 g/mol. The summed E-state index contributed by atoms with van der Waals surface area (Å²) >= 11 is 3.33. The molecule has 2 amide bonds. The fourth-order valence-electron chi connectivity index (χ4n) is 3.08. The van der Waals surface area contributed by atoms with Gasteiger partial charge in [0, 0.05) is 24.5 Å². The number of amides is 2. The van der Waals surface area contributed by atoms with E-state index in [2.05, 4.69) is 50.2 Å². The Labute approximate surface area is 215 Å². The van der Waals surface area contributed by atoms with E-state index in [4.69, 9.17) is 11.3 Å². The van der Waals surface area contributed by atoms with Crippen LogP contribution in [0.15, 0.2) is 21.5 Å². The van der Waals surface area contributed by atoms with Gasteiger partial charge in [-0.05, 0) is 34.1 Å². The summed E-state index contributed by atoms with van der Waals surface area (Å²) in [7, 11) is -5.52. The first-order valence-electron chi connectivity index (χ1n) is 10.8. The third-order valence-corrected chi connectivity index (χ3v) is 9.08. The summed E-state index contributed by atoms with van der Waals surface area (Å²) in [5.41, 5.74) is 2.26. The molecule has 1 aromatic heterocycles. The van der Waals surface area contributed by atoms with Gasteiger partial charge in [0.05, 0.1) is 23.3 Å². The zero-order valence-electron chi connectivity index (χ0n) is 19.7. The van der Waals surface area contributed by atoms with Gasteiger partial charge in [-0.15, -0.1) is 4.72 Å². The molecule has 16 heteroatoms. The van der Waals surface area contributed by atoms with Crippen LogP contribution >= 0.6 is 15.9 Å². The van der Waals surface area contributed by atoms with Crippen molar-refractivity contribution in [3.05, 3.63) is 33.7 Å². The molecule has 0 spiro atoms. The number of alkyl halides is 2. The van der Waals surface area contributed by atoms with E-state index in [-0.39, 0.29) is 27.2 Å².